The molecule has 0 aliphatic carbocycles. The second-order valence-corrected chi connectivity index (χ2v) is 6.47. The fourth-order valence-electron chi connectivity index (χ4n) is 2.90. The number of aromatic nitrogens is 2. The molecule has 0 amide bonds. The molecule has 3 rings (SSSR count). The molecule has 2 heterocycles. The zero-order chi connectivity index (χ0) is 15.5. The van der Waals surface area contributed by atoms with Crippen molar-refractivity contribution in [2.45, 2.75) is 25.3 Å². The number of nitrogens with zero attached hydrogens (tertiary/aromatic N) is 4. The Morgan fingerprint density at radius 3 is 2.50 bits per heavy atom. The number of hydrogen-bond acceptors (Lipinski definition) is 5. The lowest BCUT2D eigenvalue weighted by atomic mass is 9.97. The lowest BCUT2D eigenvalue weighted by molar-refractivity contribution is 0.227. The first-order valence-electron chi connectivity index (χ1n) is 7.88. The van der Waals surface area contributed by atoms with Crippen LogP contribution in [-0.2, 0) is 6.54 Å². The molecule has 0 unspecified atom stereocenters. The molecule has 1 aliphatic heterocycles. The maximum atomic E-state index is 5.50. The van der Waals surface area contributed by atoms with Crippen LogP contribution in [0.3, 0.4) is 0 Å². The van der Waals surface area contributed by atoms with Gasteiger partial charge >= 0.3 is 0 Å². The van der Waals surface area contributed by atoms with Crippen LogP contribution in [0.2, 0.25) is 0 Å². The van der Waals surface area contributed by atoms with Crippen molar-refractivity contribution in [2.75, 3.05) is 34.2 Å². The summed E-state index contributed by atoms with van der Waals surface area (Å²) in [6.07, 6.45) is 2.19. The minimum Gasteiger partial charge on any atom is -0.339 e. The van der Waals surface area contributed by atoms with E-state index in [2.05, 4.69) is 65.3 Å². The molecule has 1 aromatic heterocycles. The van der Waals surface area contributed by atoms with Crippen molar-refractivity contribution >= 4 is 0 Å². The first kappa shape index (κ1) is 15.2. The van der Waals surface area contributed by atoms with Gasteiger partial charge in [0, 0.05) is 18.0 Å². The van der Waals surface area contributed by atoms with E-state index < -0.39 is 0 Å². The molecule has 2 aromatic rings. The van der Waals surface area contributed by atoms with E-state index in [4.69, 9.17) is 4.52 Å². The quantitative estimate of drug-likeness (QED) is 0.868. The van der Waals surface area contributed by atoms with Gasteiger partial charge in [-0.1, -0.05) is 29.4 Å². The molecule has 22 heavy (non-hydrogen) atoms. The average molecular weight is 300 g/mol. The third-order valence-electron chi connectivity index (χ3n) is 4.22. The highest BCUT2D eigenvalue weighted by Gasteiger charge is 2.23. The zero-order valence-electron chi connectivity index (χ0n) is 13.6. The van der Waals surface area contributed by atoms with Gasteiger partial charge in [0.1, 0.15) is 0 Å². The molecular formula is C17H24N4O. The summed E-state index contributed by atoms with van der Waals surface area (Å²) in [6.45, 7) is 3.14. The lowest BCUT2D eigenvalue weighted by Crippen LogP contribution is -2.29. The Morgan fingerprint density at radius 2 is 1.86 bits per heavy atom. The highest BCUT2D eigenvalue weighted by atomic mass is 16.5. The third kappa shape index (κ3) is 3.54. The van der Waals surface area contributed by atoms with E-state index >= 15 is 0 Å². The summed E-state index contributed by atoms with van der Waals surface area (Å²) in [5.74, 6) is 1.90. The van der Waals surface area contributed by atoms with Gasteiger partial charge in [0.25, 0.3) is 0 Å². The number of piperidine rings is 1. The van der Waals surface area contributed by atoms with E-state index in [0.29, 0.717) is 11.7 Å². The number of rotatable bonds is 4. The van der Waals surface area contributed by atoms with Crippen LogP contribution in [0.1, 0.15) is 30.2 Å². The minimum absolute atomic E-state index is 0.408. The Morgan fingerprint density at radius 1 is 1.18 bits per heavy atom. The Hall–Kier alpha value is -1.72. The van der Waals surface area contributed by atoms with Gasteiger partial charge in [-0.05, 0) is 52.6 Å². The van der Waals surface area contributed by atoms with Crippen molar-refractivity contribution in [1.82, 2.24) is 19.9 Å². The number of likely N-dealkylation sites (tertiary alicyclic amines) is 1. The highest BCUT2D eigenvalue weighted by molar-refractivity contribution is 5.54. The SMILES string of the molecule is CN(C)Cc1ccc(-c2noc(C3CCN(C)CC3)n2)cc1. The van der Waals surface area contributed by atoms with Crippen molar-refractivity contribution in [3.8, 4) is 11.4 Å². The number of hydrogen-bond donors (Lipinski definition) is 0. The van der Waals surface area contributed by atoms with Crippen LogP contribution < -0.4 is 0 Å². The monoisotopic (exact) mass is 300 g/mol. The van der Waals surface area contributed by atoms with Crippen molar-refractivity contribution in [2.24, 2.45) is 0 Å². The van der Waals surface area contributed by atoms with Gasteiger partial charge in [-0.2, -0.15) is 4.98 Å². The maximum absolute atomic E-state index is 5.50. The standard InChI is InChI=1S/C17H24N4O/c1-20(2)12-13-4-6-14(7-5-13)16-18-17(22-19-16)15-8-10-21(3)11-9-15/h4-7,15H,8-12H2,1-3H3. The Balaban J connectivity index is 1.70. The van der Waals surface area contributed by atoms with Crippen LogP contribution in [0, 0.1) is 0 Å². The van der Waals surface area contributed by atoms with E-state index in [1.807, 2.05) is 0 Å². The van der Waals surface area contributed by atoms with E-state index in [1.165, 1.54) is 5.56 Å². The molecule has 1 aliphatic rings. The highest BCUT2D eigenvalue weighted by Crippen LogP contribution is 2.28. The van der Waals surface area contributed by atoms with Gasteiger partial charge in [0.15, 0.2) is 0 Å². The Kier molecular flexibility index (Phi) is 4.55. The van der Waals surface area contributed by atoms with Crippen LogP contribution in [0.5, 0.6) is 0 Å². The fourth-order valence-corrected chi connectivity index (χ4v) is 2.90. The summed E-state index contributed by atoms with van der Waals surface area (Å²) >= 11 is 0. The molecule has 0 saturated carbocycles. The van der Waals surface area contributed by atoms with Crippen molar-refractivity contribution in [3.63, 3.8) is 0 Å². The molecular weight excluding hydrogens is 276 g/mol. The molecule has 0 spiro atoms. The molecule has 5 nitrogen and oxygen atoms in total. The summed E-state index contributed by atoms with van der Waals surface area (Å²) in [6, 6.07) is 8.39. The maximum Gasteiger partial charge on any atom is 0.230 e. The summed E-state index contributed by atoms with van der Waals surface area (Å²) < 4.78 is 5.50. The predicted molar refractivity (Wildman–Crippen MR) is 86.6 cm³/mol. The molecule has 0 atom stereocenters. The zero-order valence-corrected chi connectivity index (χ0v) is 13.6. The van der Waals surface area contributed by atoms with Crippen molar-refractivity contribution < 1.29 is 4.52 Å². The van der Waals surface area contributed by atoms with Crippen molar-refractivity contribution in [3.05, 3.63) is 35.7 Å². The molecule has 0 bridgehead atoms. The second kappa shape index (κ2) is 6.58. The normalized spacial score (nSPS) is 17.3. The van der Waals surface area contributed by atoms with Gasteiger partial charge in [-0.15, -0.1) is 0 Å². The van der Waals surface area contributed by atoms with Crippen LogP contribution in [-0.4, -0.2) is 54.2 Å². The van der Waals surface area contributed by atoms with E-state index in [0.717, 1.165) is 43.9 Å². The topological polar surface area (TPSA) is 45.4 Å². The largest absolute Gasteiger partial charge is 0.339 e. The third-order valence-corrected chi connectivity index (χ3v) is 4.22. The lowest BCUT2D eigenvalue weighted by Gasteiger charge is -2.26. The minimum atomic E-state index is 0.408. The van der Waals surface area contributed by atoms with Gasteiger partial charge < -0.3 is 14.3 Å². The second-order valence-electron chi connectivity index (χ2n) is 6.47. The van der Waals surface area contributed by atoms with Gasteiger partial charge in [0.05, 0.1) is 0 Å². The fraction of sp³-hybridized carbons (Fsp3) is 0.529. The van der Waals surface area contributed by atoms with Crippen LogP contribution in [0.4, 0.5) is 0 Å². The van der Waals surface area contributed by atoms with Gasteiger partial charge in [-0.25, -0.2) is 0 Å². The van der Waals surface area contributed by atoms with E-state index in [9.17, 15) is 0 Å². The molecule has 5 heteroatoms. The average Bonchev–Trinajstić information content (AvgIpc) is 2.98. The number of benzene rings is 1. The molecule has 1 saturated heterocycles. The summed E-state index contributed by atoms with van der Waals surface area (Å²) in [7, 11) is 6.30. The molecule has 118 valence electrons. The Bertz CT molecular complexity index is 597. The van der Waals surface area contributed by atoms with Crippen LogP contribution >= 0.6 is 0 Å². The predicted octanol–water partition coefficient (Wildman–Crippen LogP) is 2.61. The van der Waals surface area contributed by atoms with Crippen LogP contribution in [0.25, 0.3) is 11.4 Å². The first-order chi connectivity index (χ1) is 10.6. The van der Waals surface area contributed by atoms with Gasteiger partial charge in [-0.3, -0.25) is 0 Å². The van der Waals surface area contributed by atoms with Crippen LogP contribution in [0.15, 0.2) is 28.8 Å². The molecule has 0 N–H and O–H groups in total. The first-order valence-corrected chi connectivity index (χ1v) is 7.88. The van der Waals surface area contributed by atoms with Gasteiger partial charge in [0.2, 0.25) is 11.7 Å². The smallest absolute Gasteiger partial charge is 0.230 e. The van der Waals surface area contributed by atoms with E-state index in [-0.39, 0.29) is 0 Å². The van der Waals surface area contributed by atoms with Crippen molar-refractivity contribution in [1.29, 1.82) is 0 Å². The summed E-state index contributed by atoms with van der Waals surface area (Å²) in [5.41, 5.74) is 2.30. The molecule has 0 radical (unpaired) electrons. The molecule has 1 aromatic carbocycles. The Labute approximate surface area is 131 Å². The molecule has 1 fully saturated rings. The summed E-state index contributed by atoms with van der Waals surface area (Å²) in [5, 5.41) is 4.16. The summed E-state index contributed by atoms with van der Waals surface area (Å²) in [4.78, 5) is 9.11. The van der Waals surface area contributed by atoms with E-state index in [1.54, 1.807) is 0 Å².